The molecule has 3 aromatic rings. The predicted molar refractivity (Wildman–Crippen MR) is 156 cm³/mol. The molecule has 1 aromatic carbocycles. The Hall–Kier alpha value is -4.06. The number of nitrogens with zero attached hydrogens (tertiary/aromatic N) is 6. The first-order valence-electron chi connectivity index (χ1n) is 14.5. The van der Waals surface area contributed by atoms with Gasteiger partial charge in [0.25, 0.3) is 0 Å². The van der Waals surface area contributed by atoms with Gasteiger partial charge in [0.2, 0.25) is 11.9 Å². The molecule has 0 spiro atoms. The van der Waals surface area contributed by atoms with E-state index >= 15 is 0 Å². The second kappa shape index (κ2) is 12.8. The van der Waals surface area contributed by atoms with E-state index in [1.54, 1.807) is 29.4 Å². The van der Waals surface area contributed by atoms with Crippen molar-refractivity contribution >= 4 is 29.4 Å². The number of aromatic nitrogens is 4. The van der Waals surface area contributed by atoms with Gasteiger partial charge in [-0.3, -0.25) is 9.36 Å². The Balaban J connectivity index is 1.17. The third kappa shape index (κ3) is 6.70. The highest BCUT2D eigenvalue weighted by atomic mass is 35.5. The number of ether oxygens (including phenoxy) is 2. The third-order valence-electron chi connectivity index (χ3n) is 7.92. The number of amides is 3. The van der Waals surface area contributed by atoms with Gasteiger partial charge in [-0.2, -0.15) is 4.98 Å². The Morgan fingerprint density at radius 2 is 1.86 bits per heavy atom. The summed E-state index contributed by atoms with van der Waals surface area (Å²) < 4.78 is 12.9. The minimum absolute atomic E-state index is 0.0805. The highest BCUT2D eigenvalue weighted by molar-refractivity contribution is 6.29. The molecule has 6 rings (SSSR count). The summed E-state index contributed by atoms with van der Waals surface area (Å²) in [5.41, 5.74) is 0.911. The number of hydrogen-bond acceptors (Lipinski definition) is 8. The summed E-state index contributed by atoms with van der Waals surface area (Å²) in [7, 11) is 0. The zero-order valence-electron chi connectivity index (χ0n) is 23.4. The largest absolute Gasteiger partial charge is 0.486 e. The summed E-state index contributed by atoms with van der Waals surface area (Å²) >= 11 is 6.41. The van der Waals surface area contributed by atoms with Crippen molar-refractivity contribution < 1.29 is 19.1 Å². The summed E-state index contributed by atoms with van der Waals surface area (Å²) in [6.45, 7) is 2.74. The lowest BCUT2D eigenvalue weighted by Crippen LogP contribution is -2.59. The summed E-state index contributed by atoms with van der Waals surface area (Å²) in [5.74, 6) is 2.23. The molecule has 1 saturated carbocycles. The molecule has 3 aliphatic rings. The van der Waals surface area contributed by atoms with Crippen molar-refractivity contribution in [1.82, 2.24) is 35.1 Å². The molecule has 2 N–H and O–H groups in total. The second-order valence-electron chi connectivity index (χ2n) is 10.9. The van der Waals surface area contributed by atoms with E-state index in [2.05, 4.69) is 20.6 Å². The number of rotatable bonds is 7. The van der Waals surface area contributed by atoms with E-state index in [9.17, 15) is 9.59 Å². The normalized spacial score (nSPS) is 18.9. The van der Waals surface area contributed by atoms with E-state index in [1.807, 2.05) is 28.0 Å². The highest BCUT2D eigenvalue weighted by Crippen LogP contribution is 2.31. The van der Waals surface area contributed by atoms with Gasteiger partial charge < -0.3 is 29.9 Å². The van der Waals surface area contributed by atoms with Crippen molar-refractivity contribution in [3.05, 3.63) is 53.7 Å². The van der Waals surface area contributed by atoms with Crippen LogP contribution >= 0.6 is 11.6 Å². The molecule has 12 nitrogen and oxygen atoms in total. The maximum atomic E-state index is 13.3. The van der Waals surface area contributed by atoms with Crippen LogP contribution in [0.5, 0.6) is 11.5 Å². The zero-order chi connectivity index (χ0) is 28.9. The molecule has 1 aliphatic carbocycles. The van der Waals surface area contributed by atoms with Gasteiger partial charge in [0, 0.05) is 57.1 Å². The number of carbonyl (C=O) groups is 2. The average Bonchev–Trinajstić information content (AvgIpc) is 3.56. The molecule has 3 amide bonds. The van der Waals surface area contributed by atoms with Gasteiger partial charge in [0.15, 0.2) is 11.5 Å². The molecular weight excluding hydrogens is 560 g/mol. The van der Waals surface area contributed by atoms with Crippen LogP contribution in [0.4, 0.5) is 10.6 Å². The van der Waals surface area contributed by atoms with Crippen LogP contribution in [0.3, 0.4) is 0 Å². The minimum Gasteiger partial charge on any atom is -0.486 e. The van der Waals surface area contributed by atoms with Crippen molar-refractivity contribution in [2.24, 2.45) is 0 Å². The minimum atomic E-state index is -0.322. The lowest BCUT2D eigenvalue weighted by Gasteiger charge is -2.42. The molecule has 0 radical (unpaired) electrons. The predicted octanol–water partition coefficient (Wildman–Crippen LogP) is 3.33. The SMILES string of the molecule is O=C(CC1CN(C(=O)NC2CCCCC2)CCN1c1cc(Cl)nc(-n2ccnc2)n1)NCc1ccc2c(c1)OCCO2. The lowest BCUT2D eigenvalue weighted by molar-refractivity contribution is -0.121. The molecule has 1 saturated heterocycles. The number of urea groups is 1. The Labute approximate surface area is 249 Å². The topological polar surface area (TPSA) is 127 Å². The molecule has 2 aliphatic heterocycles. The molecule has 2 fully saturated rings. The van der Waals surface area contributed by atoms with Crippen molar-refractivity contribution in [3.63, 3.8) is 0 Å². The van der Waals surface area contributed by atoms with Crippen LogP contribution in [0, 0.1) is 0 Å². The van der Waals surface area contributed by atoms with Crippen LogP contribution in [0.25, 0.3) is 5.95 Å². The van der Waals surface area contributed by atoms with Gasteiger partial charge in [0.1, 0.15) is 30.5 Å². The summed E-state index contributed by atoms with van der Waals surface area (Å²) in [6.07, 6.45) is 10.7. The maximum absolute atomic E-state index is 13.3. The Kier molecular flexibility index (Phi) is 8.59. The maximum Gasteiger partial charge on any atom is 0.317 e. The van der Waals surface area contributed by atoms with Crippen molar-refractivity contribution in [2.75, 3.05) is 37.7 Å². The quantitative estimate of drug-likeness (QED) is 0.399. The molecule has 4 heterocycles. The lowest BCUT2D eigenvalue weighted by atomic mass is 9.96. The standard InChI is InChI=1S/C29H35ClN8O4/c30-25-16-26(35-28(34-25)37-9-8-31-19-37)38-11-10-36(29(40)33-21-4-2-1-3-5-21)18-22(38)15-27(39)32-17-20-6-7-23-24(14-20)42-13-12-41-23/h6-9,14,16,19,21-22H,1-5,10-13,15,17-18H2,(H,32,39)(H,33,40). The number of carbonyl (C=O) groups excluding carboxylic acids is 2. The second-order valence-corrected chi connectivity index (χ2v) is 11.2. The number of hydrogen-bond donors (Lipinski definition) is 2. The first kappa shape index (κ1) is 28.1. The Morgan fingerprint density at radius 1 is 1.02 bits per heavy atom. The molecule has 1 unspecified atom stereocenters. The molecule has 222 valence electrons. The van der Waals surface area contributed by atoms with E-state index < -0.39 is 0 Å². The number of nitrogens with one attached hydrogen (secondary N) is 2. The Morgan fingerprint density at radius 3 is 2.67 bits per heavy atom. The summed E-state index contributed by atoms with van der Waals surface area (Å²) in [4.78, 5) is 43.5. The fourth-order valence-electron chi connectivity index (χ4n) is 5.75. The van der Waals surface area contributed by atoms with Crippen LogP contribution < -0.4 is 25.0 Å². The first-order valence-corrected chi connectivity index (χ1v) is 14.9. The highest BCUT2D eigenvalue weighted by Gasteiger charge is 2.33. The van der Waals surface area contributed by atoms with Gasteiger partial charge in [-0.1, -0.05) is 36.9 Å². The molecular formula is C29H35ClN8O4. The monoisotopic (exact) mass is 594 g/mol. The molecule has 42 heavy (non-hydrogen) atoms. The average molecular weight is 595 g/mol. The summed E-state index contributed by atoms with van der Waals surface area (Å²) in [5, 5.41) is 6.52. The number of halogens is 1. The van der Waals surface area contributed by atoms with E-state index in [1.165, 1.54) is 6.42 Å². The van der Waals surface area contributed by atoms with Crippen LogP contribution in [0.2, 0.25) is 5.15 Å². The van der Waals surface area contributed by atoms with Gasteiger partial charge >= 0.3 is 6.03 Å². The number of imidazole rings is 1. The number of fused-ring (bicyclic) bond motifs is 1. The van der Waals surface area contributed by atoms with E-state index in [0.717, 1.165) is 31.2 Å². The van der Waals surface area contributed by atoms with Crippen molar-refractivity contribution in [2.45, 2.75) is 57.2 Å². The smallest absolute Gasteiger partial charge is 0.317 e. The van der Waals surface area contributed by atoms with Gasteiger partial charge in [-0.05, 0) is 30.5 Å². The van der Waals surface area contributed by atoms with Crippen LogP contribution in [-0.4, -0.2) is 81.3 Å². The van der Waals surface area contributed by atoms with Gasteiger partial charge in [-0.25, -0.2) is 14.8 Å². The van der Waals surface area contributed by atoms with Crippen LogP contribution in [0.1, 0.15) is 44.1 Å². The molecule has 2 aromatic heterocycles. The third-order valence-corrected chi connectivity index (χ3v) is 8.11. The van der Waals surface area contributed by atoms with Crippen molar-refractivity contribution in [3.8, 4) is 17.4 Å². The number of anilines is 1. The molecule has 13 heteroatoms. The number of benzene rings is 1. The van der Waals surface area contributed by atoms with Crippen LogP contribution in [-0.2, 0) is 11.3 Å². The Bertz CT molecular complexity index is 1400. The zero-order valence-corrected chi connectivity index (χ0v) is 24.1. The first-order chi connectivity index (χ1) is 20.5. The van der Waals surface area contributed by atoms with E-state index in [-0.39, 0.29) is 35.6 Å². The van der Waals surface area contributed by atoms with E-state index in [4.69, 9.17) is 26.1 Å². The van der Waals surface area contributed by atoms with E-state index in [0.29, 0.717) is 62.7 Å². The fourth-order valence-corrected chi connectivity index (χ4v) is 5.92. The van der Waals surface area contributed by atoms with Gasteiger partial charge in [-0.15, -0.1) is 0 Å². The fraction of sp³-hybridized carbons (Fsp3) is 0.483. The molecule has 1 atom stereocenters. The summed E-state index contributed by atoms with van der Waals surface area (Å²) in [6, 6.07) is 7.16. The van der Waals surface area contributed by atoms with Gasteiger partial charge in [0.05, 0.1) is 6.04 Å². The molecule has 0 bridgehead atoms. The number of piperazine rings is 1. The van der Waals surface area contributed by atoms with Crippen LogP contribution in [0.15, 0.2) is 43.0 Å². The van der Waals surface area contributed by atoms with Crippen molar-refractivity contribution in [1.29, 1.82) is 0 Å².